The van der Waals surface area contributed by atoms with Crippen LogP contribution in [0.4, 0.5) is 8.78 Å². The van der Waals surface area contributed by atoms with E-state index in [1.54, 1.807) is 17.0 Å². The van der Waals surface area contributed by atoms with Crippen molar-refractivity contribution in [3.8, 4) is 0 Å². The molecule has 2 fully saturated rings. The Morgan fingerprint density at radius 2 is 2.00 bits per heavy atom. The largest absolute Gasteiger partial charge is 0.459 e. The van der Waals surface area contributed by atoms with Crippen LogP contribution >= 0.6 is 0 Å². The fourth-order valence-electron chi connectivity index (χ4n) is 2.62. The van der Waals surface area contributed by atoms with E-state index in [9.17, 15) is 13.6 Å². The van der Waals surface area contributed by atoms with Crippen LogP contribution in [0.3, 0.4) is 0 Å². The smallest absolute Gasteiger partial charge is 0.289 e. The second-order valence-corrected chi connectivity index (χ2v) is 4.93. The van der Waals surface area contributed by atoms with Gasteiger partial charge in [0.05, 0.1) is 6.26 Å². The molecule has 3 rings (SSSR count). The quantitative estimate of drug-likeness (QED) is 0.757. The highest BCUT2D eigenvalue weighted by Gasteiger charge is 2.70. The van der Waals surface area contributed by atoms with Crippen LogP contribution in [0, 0.1) is 5.41 Å². The summed E-state index contributed by atoms with van der Waals surface area (Å²) in [6.45, 7) is 0.796. The van der Waals surface area contributed by atoms with Crippen LogP contribution in [0.2, 0.25) is 0 Å². The zero-order valence-corrected chi connectivity index (χ0v) is 9.29. The monoisotopic (exact) mass is 241 g/mol. The van der Waals surface area contributed by atoms with Gasteiger partial charge in [-0.25, -0.2) is 8.78 Å². The van der Waals surface area contributed by atoms with Crippen LogP contribution in [0.25, 0.3) is 0 Å². The first-order valence-corrected chi connectivity index (χ1v) is 5.75. The first kappa shape index (κ1) is 10.7. The standard InChI is InChI=1S/C12H13F2NO2/c13-12(14)8-11(12)3-5-15(6-4-11)10(16)9-2-1-7-17-9/h1-2,7H,3-6,8H2. The van der Waals surface area contributed by atoms with Crippen LogP contribution in [0.15, 0.2) is 22.8 Å². The Bertz CT molecular complexity index is 433. The van der Waals surface area contributed by atoms with Crippen molar-refractivity contribution in [3.05, 3.63) is 24.2 Å². The maximum Gasteiger partial charge on any atom is 0.289 e. The van der Waals surface area contributed by atoms with Gasteiger partial charge in [-0.1, -0.05) is 0 Å². The molecule has 1 amide bonds. The Morgan fingerprint density at radius 3 is 2.47 bits per heavy atom. The Labute approximate surface area is 97.4 Å². The predicted octanol–water partition coefficient (Wildman–Crippen LogP) is 2.54. The Hall–Kier alpha value is -1.39. The lowest BCUT2D eigenvalue weighted by Gasteiger charge is -2.31. The zero-order chi connectivity index (χ0) is 12.1. The van der Waals surface area contributed by atoms with Gasteiger partial charge in [-0.05, 0) is 25.0 Å². The minimum atomic E-state index is -2.51. The zero-order valence-electron chi connectivity index (χ0n) is 9.29. The number of furan rings is 1. The van der Waals surface area contributed by atoms with Crippen LogP contribution in [-0.4, -0.2) is 29.8 Å². The third-order valence-electron chi connectivity index (χ3n) is 3.95. The molecule has 1 spiro atoms. The van der Waals surface area contributed by atoms with Crippen molar-refractivity contribution < 1.29 is 18.0 Å². The number of likely N-dealkylation sites (tertiary alicyclic amines) is 1. The van der Waals surface area contributed by atoms with E-state index in [1.807, 2.05) is 0 Å². The lowest BCUT2D eigenvalue weighted by molar-refractivity contribution is 0.0274. The first-order valence-electron chi connectivity index (χ1n) is 5.75. The van der Waals surface area contributed by atoms with Crippen molar-refractivity contribution in [3.63, 3.8) is 0 Å². The van der Waals surface area contributed by atoms with Gasteiger partial charge in [-0.3, -0.25) is 4.79 Å². The topological polar surface area (TPSA) is 33.5 Å². The van der Waals surface area contributed by atoms with Crippen LogP contribution in [0.5, 0.6) is 0 Å². The van der Waals surface area contributed by atoms with Gasteiger partial charge in [0.15, 0.2) is 5.76 Å². The molecule has 1 aromatic heterocycles. The summed E-state index contributed by atoms with van der Waals surface area (Å²) < 4.78 is 31.3. The van der Waals surface area contributed by atoms with E-state index < -0.39 is 11.3 Å². The average Bonchev–Trinajstić information content (AvgIpc) is 2.75. The molecule has 5 heteroatoms. The van der Waals surface area contributed by atoms with E-state index in [1.165, 1.54) is 6.26 Å². The number of nitrogens with zero attached hydrogens (tertiary/aromatic N) is 1. The van der Waals surface area contributed by atoms with Crippen LogP contribution < -0.4 is 0 Å². The molecule has 1 saturated carbocycles. The minimum absolute atomic E-state index is 0.0111. The molecule has 1 aromatic rings. The summed E-state index contributed by atoms with van der Waals surface area (Å²) in [7, 11) is 0. The number of piperidine rings is 1. The van der Waals surface area contributed by atoms with E-state index in [0.717, 1.165) is 0 Å². The molecule has 3 nitrogen and oxygen atoms in total. The number of halogens is 2. The number of hydrogen-bond donors (Lipinski definition) is 0. The molecule has 2 heterocycles. The van der Waals surface area contributed by atoms with E-state index in [0.29, 0.717) is 25.9 Å². The molecule has 1 saturated heterocycles. The van der Waals surface area contributed by atoms with Gasteiger partial charge in [-0.2, -0.15) is 0 Å². The number of carbonyl (C=O) groups is 1. The second kappa shape index (κ2) is 3.31. The lowest BCUT2D eigenvalue weighted by Crippen LogP contribution is -2.40. The highest BCUT2D eigenvalue weighted by Crippen LogP contribution is 2.65. The molecule has 0 N–H and O–H groups in total. The third kappa shape index (κ3) is 1.56. The maximum atomic E-state index is 13.2. The van der Waals surface area contributed by atoms with Gasteiger partial charge in [0, 0.05) is 24.9 Å². The Kier molecular flexibility index (Phi) is 2.09. The van der Waals surface area contributed by atoms with E-state index >= 15 is 0 Å². The van der Waals surface area contributed by atoms with Gasteiger partial charge >= 0.3 is 0 Å². The fraction of sp³-hybridized carbons (Fsp3) is 0.583. The molecule has 2 aliphatic rings. The SMILES string of the molecule is O=C(c1ccco1)N1CCC2(CC1)CC2(F)F. The van der Waals surface area contributed by atoms with Gasteiger partial charge < -0.3 is 9.32 Å². The summed E-state index contributed by atoms with van der Waals surface area (Å²) in [6.07, 6.45) is 2.22. The summed E-state index contributed by atoms with van der Waals surface area (Å²) in [5.41, 5.74) is -0.813. The van der Waals surface area contributed by atoms with E-state index in [2.05, 4.69) is 0 Å². The van der Waals surface area contributed by atoms with E-state index in [4.69, 9.17) is 4.42 Å². The van der Waals surface area contributed by atoms with Crippen LogP contribution in [0.1, 0.15) is 29.8 Å². The van der Waals surface area contributed by atoms with Crippen molar-refractivity contribution in [2.75, 3.05) is 13.1 Å². The molecule has 92 valence electrons. The number of amides is 1. The second-order valence-electron chi connectivity index (χ2n) is 4.93. The summed E-state index contributed by atoms with van der Waals surface area (Å²) in [5.74, 6) is -2.43. The Morgan fingerprint density at radius 1 is 1.35 bits per heavy atom. The van der Waals surface area contributed by atoms with Crippen molar-refractivity contribution in [1.82, 2.24) is 4.90 Å². The first-order chi connectivity index (χ1) is 8.04. The fourth-order valence-corrected chi connectivity index (χ4v) is 2.62. The molecule has 0 atom stereocenters. The minimum Gasteiger partial charge on any atom is -0.459 e. The highest BCUT2D eigenvalue weighted by atomic mass is 19.3. The molecule has 0 aromatic carbocycles. The third-order valence-corrected chi connectivity index (χ3v) is 3.95. The van der Waals surface area contributed by atoms with Crippen LogP contribution in [-0.2, 0) is 0 Å². The average molecular weight is 241 g/mol. The van der Waals surface area contributed by atoms with Gasteiger partial charge in [0.1, 0.15) is 0 Å². The molecule has 0 radical (unpaired) electrons. The predicted molar refractivity (Wildman–Crippen MR) is 55.8 cm³/mol. The maximum absolute atomic E-state index is 13.2. The van der Waals surface area contributed by atoms with Gasteiger partial charge in [-0.15, -0.1) is 0 Å². The summed E-state index contributed by atoms with van der Waals surface area (Å²) >= 11 is 0. The molecule has 17 heavy (non-hydrogen) atoms. The lowest BCUT2D eigenvalue weighted by atomic mass is 9.93. The van der Waals surface area contributed by atoms with Gasteiger partial charge in [0.2, 0.25) is 0 Å². The van der Waals surface area contributed by atoms with Crippen molar-refractivity contribution in [1.29, 1.82) is 0 Å². The molecule has 0 unspecified atom stereocenters. The molecular formula is C12H13F2NO2. The number of carbonyl (C=O) groups excluding carboxylic acids is 1. The molecular weight excluding hydrogens is 228 g/mol. The summed E-state index contributed by atoms with van der Waals surface area (Å²) in [5, 5.41) is 0. The summed E-state index contributed by atoms with van der Waals surface area (Å²) in [4.78, 5) is 13.5. The normalized spacial score (nSPS) is 24.9. The summed E-state index contributed by atoms with van der Waals surface area (Å²) in [6, 6.07) is 3.24. The van der Waals surface area contributed by atoms with E-state index in [-0.39, 0.29) is 18.1 Å². The van der Waals surface area contributed by atoms with Crippen molar-refractivity contribution in [2.24, 2.45) is 5.41 Å². The number of alkyl halides is 2. The molecule has 1 aliphatic heterocycles. The molecule has 0 bridgehead atoms. The van der Waals surface area contributed by atoms with Gasteiger partial charge in [0.25, 0.3) is 11.8 Å². The Balaban J connectivity index is 1.65. The number of rotatable bonds is 1. The highest BCUT2D eigenvalue weighted by molar-refractivity contribution is 5.91. The molecule has 1 aliphatic carbocycles. The van der Waals surface area contributed by atoms with Crippen molar-refractivity contribution >= 4 is 5.91 Å². The number of hydrogen-bond acceptors (Lipinski definition) is 2. The van der Waals surface area contributed by atoms with Crippen molar-refractivity contribution in [2.45, 2.75) is 25.2 Å².